The molecule has 4 fully saturated rings. The van der Waals surface area contributed by atoms with Crippen LogP contribution in [0.3, 0.4) is 0 Å². The molecule has 0 aromatic carbocycles. The minimum absolute atomic E-state index is 0.00730. The highest BCUT2D eigenvalue weighted by atomic mass is 127. The molecule has 4 aliphatic carbocycles. The van der Waals surface area contributed by atoms with Gasteiger partial charge in [0.15, 0.2) is 0 Å². The van der Waals surface area contributed by atoms with E-state index in [1.807, 2.05) is 6.92 Å². The summed E-state index contributed by atoms with van der Waals surface area (Å²) in [7, 11) is 0. The van der Waals surface area contributed by atoms with Crippen molar-refractivity contribution in [2.75, 3.05) is 0 Å². The molecular weight excluding hydrogens is 576 g/mol. The smallest absolute Gasteiger partial charge is 0.435 e. The van der Waals surface area contributed by atoms with Crippen LogP contribution >= 0.6 is 22.6 Å². The summed E-state index contributed by atoms with van der Waals surface area (Å²) in [6.07, 6.45) is -0.0355. The van der Waals surface area contributed by atoms with Gasteiger partial charge in [0.1, 0.15) is 0 Å². The molecule has 202 valence electrons. The van der Waals surface area contributed by atoms with Crippen LogP contribution in [0.4, 0.5) is 13.2 Å². The molecule has 0 aliphatic heterocycles. The molecule has 0 radical (unpaired) electrons. The van der Waals surface area contributed by atoms with E-state index in [4.69, 9.17) is 0 Å². The Morgan fingerprint density at radius 3 is 2.43 bits per heavy atom. The summed E-state index contributed by atoms with van der Waals surface area (Å²) in [6, 6.07) is 0. The number of rotatable bonds is 5. The summed E-state index contributed by atoms with van der Waals surface area (Å²) in [6.45, 7) is 6.44. The van der Waals surface area contributed by atoms with E-state index in [0.717, 1.165) is 54.7 Å². The predicted molar refractivity (Wildman–Crippen MR) is 132 cm³/mol. The molecule has 4 saturated carbocycles. The molecule has 0 aromatic rings. The van der Waals surface area contributed by atoms with E-state index in [-0.39, 0.29) is 53.4 Å². The van der Waals surface area contributed by atoms with Gasteiger partial charge in [-0.3, -0.25) is 4.79 Å². The Balaban J connectivity index is 1.46. The van der Waals surface area contributed by atoms with Gasteiger partial charge in [-0.15, -0.1) is 0 Å². The number of ether oxygens (including phenoxy) is 1. The van der Waals surface area contributed by atoms with E-state index in [9.17, 15) is 33.3 Å². The van der Waals surface area contributed by atoms with Gasteiger partial charge in [-0.05, 0) is 120 Å². The number of halogens is 4. The Bertz CT molecular complexity index is 795. The Kier molecular flexibility index (Phi) is 7.87. The van der Waals surface area contributed by atoms with Crippen LogP contribution in [-0.4, -0.2) is 49.9 Å². The fourth-order valence-electron chi connectivity index (χ4n) is 8.92. The van der Waals surface area contributed by atoms with Gasteiger partial charge in [-0.1, -0.05) is 20.8 Å². The average molecular weight is 616 g/mol. The van der Waals surface area contributed by atoms with Gasteiger partial charge >= 0.3 is 12.1 Å². The second kappa shape index (κ2) is 9.88. The summed E-state index contributed by atoms with van der Waals surface area (Å²) in [5.74, 6) is 0.0614. The highest BCUT2D eigenvalue weighted by molar-refractivity contribution is 14.1. The van der Waals surface area contributed by atoms with Crippen LogP contribution in [0, 0.1) is 46.3 Å². The van der Waals surface area contributed by atoms with Crippen LogP contribution in [-0.2, 0) is 9.53 Å². The number of alkyl halides is 4. The Labute approximate surface area is 219 Å². The number of hydrogen-bond donors (Lipinski definition) is 3. The van der Waals surface area contributed by atoms with Crippen molar-refractivity contribution in [3.63, 3.8) is 0 Å². The molecule has 35 heavy (non-hydrogen) atoms. The first-order valence-electron chi connectivity index (χ1n) is 13.1. The third kappa shape index (κ3) is 4.89. The van der Waals surface area contributed by atoms with E-state index in [2.05, 4.69) is 18.6 Å². The Morgan fingerprint density at radius 2 is 1.77 bits per heavy atom. The van der Waals surface area contributed by atoms with Crippen molar-refractivity contribution in [1.82, 2.24) is 0 Å². The second-order valence-corrected chi connectivity index (χ2v) is 13.5. The molecule has 4 rings (SSSR count). The number of carbonyl (C=O) groups is 1. The molecule has 0 heterocycles. The first-order chi connectivity index (χ1) is 16.2. The van der Waals surface area contributed by atoms with Crippen molar-refractivity contribution in [1.29, 1.82) is 0 Å². The average Bonchev–Trinajstić information content (AvgIpc) is 3.12. The van der Waals surface area contributed by atoms with Gasteiger partial charge in [0.25, 0.3) is 0 Å². The number of hydrogen-bond acceptors (Lipinski definition) is 5. The molecule has 5 unspecified atom stereocenters. The Morgan fingerprint density at radius 1 is 1.09 bits per heavy atom. The summed E-state index contributed by atoms with van der Waals surface area (Å²) in [5, 5.41) is 33.1. The number of aliphatic hydroxyl groups excluding tert-OH is 3. The second-order valence-electron chi connectivity index (χ2n) is 12.4. The molecule has 0 spiro atoms. The van der Waals surface area contributed by atoms with Crippen molar-refractivity contribution >= 4 is 28.6 Å². The van der Waals surface area contributed by atoms with Gasteiger partial charge < -0.3 is 20.1 Å². The van der Waals surface area contributed by atoms with E-state index >= 15 is 0 Å². The molecular formula is C26H40F3IO5. The zero-order valence-corrected chi connectivity index (χ0v) is 23.0. The highest BCUT2D eigenvalue weighted by Crippen LogP contribution is 2.68. The molecule has 4 aliphatic rings. The standard InChI is InChI=1S/C26H40F3IO5/c1-13(4-7-21(34)35-23(30)26(27,28)29)16-5-6-17-22-18(12-20(33)25(16,17)3)24(2)9-8-15(31)10-14(24)11-19(22)32/h13-20,22-23,31-33H,4-12H2,1-3H3/t13?,14-,15?,16+,17-,18-,19?,20?,22-,23?,24-,25+/m0/s1. The lowest BCUT2D eigenvalue weighted by Crippen LogP contribution is -2.62. The quantitative estimate of drug-likeness (QED) is 0.224. The van der Waals surface area contributed by atoms with Gasteiger partial charge in [0.2, 0.25) is 4.11 Å². The van der Waals surface area contributed by atoms with E-state index in [1.54, 1.807) is 0 Å². The van der Waals surface area contributed by atoms with Gasteiger partial charge in [-0.25, -0.2) is 0 Å². The molecule has 0 aromatic heterocycles. The third-order valence-corrected chi connectivity index (χ3v) is 11.8. The lowest BCUT2D eigenvalue weighted by Gasteiger charge is -2.63. The maximum Gasteiger partial charge on any atom is 0.435 e. The topological polar surface area (TPSA) is 87.0 Å². The molecule has 3 N–H and O–H groups in total. The molecule has 9 heteroatoms. The van der Waals surface area contributed by atoms with E-state index in [1.165, 1.54) is 0 Å². The van der Waals surface area contributed by atoms with Crippen molar-refractivity contribution in [3.05, 3.63) is 0 Å². The first-order valence-corrected chi connectivity index (χ1v) is 14.4. The Hall–Kier alpha value is -0.130. The first kappa shape index (κ1) is 27.9. The third-order valence-electron chi connectivity index (χ3n) is 10.8. The van der Waals surface area contributed by atoms with Crippen molar-refractivity contribution in [3.8, 4) is 0 Å². The SMILES string of the molecule is CC(CCC(=O)OC(I)C(F)(F)F)[C@H]1CC[C@H]2[C@@H]3C(O)C[C@@H]4CC(O)CC[C@]4(C)[C@H]3CC(O)[C@]12C. The van der Waals surface area contributed by atoms with Crippen LogP contribution in [0.25, 0.3) is 0 Å². The van der Waals surface area contributed by atoms with Gasteiger partial charge in [0, 0.05) is 6.42 Å². The van der Waals surface area contributed by atoms with Crippen LogP contribution < -0.4 is 0 Å². The van der Waals surface area contributed by atoms with Gasteiger partial charge in [0.05, 0.1) is 18.3 Å². The maximum absolute atomic E-state index is 12.7. The zero-order chi connectivity index (χ0) is 25.9. The van der Waals surface area contributed by atoms with Crippen LogP contribution in [0.1, 0.15) is 78.6 Å². The molecule has 0 saturated heterocycles. The minimum Gasteiger partial charge on any atom is -0.442 e. The summed E-state index contributed by atoms with van der Waals surface area (Å²) in [4.78, 5) is 12.0. The highest BCUT2D eigenvalue weighted by Gasteiger charge is 2.65. The van der Waals surface area contributed by atoms with E-state index in [0.29, 0.717) is 19.3 Å². The fourth-order valence-corrected chi connectivity index (χ4v) is 9.20. The summed E-state index contributed by atoms with van der Waals surface area (Å²) < 4.78 is 40.5. The van der Waals surface area contributed by atoms with Crippen molar-refractivity contribution in [2.45, 2.75) is 107 Å². The lowest BCUT2D eigenvalue weighted by molar-refractivity contribution is -0.207. The summed E-state index contributed by atoms with van der Waals surface area (Å²) >= 11 is 1.08. The monoisotopic (exact) mass is 616 g/mol. The minimum atomic E-state index is -4.58. The van der Waals surface area contributed by atoms with Crippen LogP contribution in [0.5, 0.6) is 0 Å². The maximum atomic E-state index is 12.7. The summed E-state index contributed by atoms with van der Waals surface area (Å²) in [5.41, 5.74) is -0.395. The van der Waals surface area contributed by atoms with Crippen LogP contribution in [0.15, 0.2) is 0 Å². The number of fused-ring (bicyclic) bond motifs is 5. The number of esters is 1. The van der Waals surface area contributed by atoms with Crippen molar-refractivity contribution in [2.24, 2.45) is 46.3 Å². The molecule has 5 nitrogen and oxygen atoms in total. The number of aliphatic hydroxyl groups is 3. The van der Waals surface area contributed by atoms with Gasteiger partial charge in [-0.2, -0.15) is 13.2 Å². The molecule has 12 atom stereocenters. The fraction of sp³-hybridized carbons (Fsp3) is 0.962. The lowest BCUT2D eigenvalue weighted by atomic mass is 9.43. The van der Waals surface area contributed by atoms with Crippen molar-refractivity contribution < 1.29 is 38.0 Å². The van der Waals surface area contributed by atoms with E-state index < -0.39 is 33.9 Å². The zero-order valence-electron chi connectivity index (χ0n) is 20.8. The van der Waals surface area contributed by atoms with Crippen LogP contribution in [0.2, 0.25) is 0 Å². The number of carbonyl (C=O) groups excluding carboxylic acids is 1. The molecule has 0 amide bonds. The largest absolute Gasteiger partial charge is 0.442 e. The molecule has 0 bridgehead atoms. The normalized spacial score (nSPS) is 47.3. The predicted octanol–water partition coefficient (Wildman–Crippen LogP) is 5.23.